The summed E-state index contributed by atoms with van der Waals surface area (Å²) >= 11 is 0. The number of rotatable bonds is 3. The third-order valence-electron chi connectivity index (χ3n) is 2.29. The lowest BCUT2D eigenvalue weighted by Gasteiger charge is -2.03. The standard InChI is InChI=1S/C9H10N2O4S/c1-16(14,15)7-4-6(5-2-3-5)10-8(11-7)9(12)13/h4-5H,2-3H2,1H3,(H,12,13). The highest BCUT2D eigenvalue weighted by atomic mass is 32.2. The zero-order valence-electron chi connectivity index (χ0n) is 8.54. The van der Waals surface area contributed by atoms with Gasteiger partial charge in [-0.25, -0.2) is 23.2 Å². The Kier molecular flexibility index (Phi) is 2.42. The van der Waals surface area contributed by atoms with Crippen molar-refractivity contribution in [3.8, 4) is 0 Å². The van der Waals surface area contributed by atoms with Crippen LogP contribution in [0.4, 0.5) is 0 Å². The van der Waals surface area contributed by atoms with Gasteiger partial charge in [0.15, 0.2) is 14.9 Å². The maximum atomic E-state index is 11.3. The molecule has 0 aliphatic heterocycles. The number of sulfone groups is 1. The summed E-state index contributed by atoms with van der Waals surface area (Å²) < 4.78 is 22.6. The molecule has 0 radical (unpaired) electrons. The average molecular weight is 242 g/mol. The summed E-state index contributed by atoms with van der Waals surface area (Å²) in [5, 5.41) is 8.56. The fraction of sp³-hybridized carbons (Fsp3) is 0.444. The second kappa shape index (κ2) is 3.51. The fourth-order valence-corrected chi connectivity index (χ4v) is 1.90. The van der Waals surface area contributed by atoms with Crippen molar-refractivity contribution in [3.63, 3.8) is 0 Å². The Balaban J connectivity index is 2.57. The molecule has 1 aromatic heterocycles. The van der Waals surface area contributed by atoms with Crippen LogP contribution in [-0.4, -0.2) is 35.7 Å². The summed E-state index contributed by atoms with van der Waals surface area (Å²) in [7, 11) is -3.50. The molecule has 0 bridgehead atoms. The lowest BCUT2D eigenvalue weighted by Crippen LogP contribution is -2.11. The second-order valence-corrected chi connectivity index (χ2v) is 5.77. The SMILES string of the molecule is CS(=O)(=O)c1cc(C2CC2)nc(C(=O)O)n1. The zero-order chi connectivity index (χ0) is 11.9. The minimum absolute atomic E-state index is 0.182. The second-order valence-electron chi connectivity index (χ2n) is 3.81. The molecular formula is C9H10N2O4S. The van der Waals surface area contributed by atoms with Gasteiger partial charge in [-0.1, -0.05) is 0 Å². The topological polar surface area (TPSA) is 97.2 Å². The lowest BCUT2D eigenvalue weighted by molar-refractivity contribution is 0.0682. The predicted molar refractivity (Wildman–Crippen MR) is 54.1 cm³/mol. The smallest absolute Gasteiger partial charge is 0.373 e. The van der Waals surface area contributed by atoms with Crippen molar-refractivity contribution in [2.45, 2.75) is 23.8 Å². The Morgan fingerprint density at radius 1 is 1.44 bits per heavy atom. The summed E-state index contributed by atoms with van der Waals surface area (Å²) in [5.74, 6) is -1.58. The quantitative estimate of drug-likeness (QED) is 0.773. The number of nitrogens with zero attached hydrogens (tertiary/aromatic N) is 2. The molecule has 1 heterocycles. The van der Waals surface area contributed by atoms with Crippen LogP contribution in [0.15, 0.2) is 11.1 Å². The Morgan fingerprint density at radius 3 is 2.50 bits per heavy atom. The van der Waals surface area contributed by atoms with Gasteiger partial charge in [0.1, 0.15) is 0 Å². The van der Waals surface area contributed by atoms with Crippen molar-refractivity contribution in [3.05, 3.63) is 17.6 Å². The molecule has 0 atom stereocenters. The van der Waals surface area contributed by atoms with Crippen molar-refractivity contribution < 1.29 is 18.3 Å². The molecule has 1 N–H and O–H groups in total. The van der Waals surface area contributed by atoms with Crippen molar-refractivity contribution in [1.82, 2.24) is 9.97 Å². The number of hydrogen-bond donors (Lipinski definition) is 1. The van der Waals surface area contributed by atoms with Crippen LogP contribution in [0.25, 0.3) is 0 Å². The molecule has 7 heteroatoms. The van der Waals surface area contributed by atoms with Gasteiger partial charge in [0.05, 0.1) is 0 Å². The van der Waals surface area contributed by atoms with E-state index in [1.165, 1.54) is 6.07 Å². The Morgan fingerprint density at radius 2 is 2.06 bits per heavy atom. The molecule has 1 aromatic rings. The van der Waals surface area contributed by atoms with Gasteiger partial charge in [-0.15, -0.1) is 0 Å². The van der Waals surface area contributed by atoms with Crippen molar-refractivity contribution in [2.75, 3.05) is 6.26 Å². The first-order valence-corrected chi connectivity index (χ1v) is 6.59. The van der Waals surface area contributed by atoms with Crippen LogP contribution in [0.5, 0.6) is 0 Å². The Bertz CT molecular complexity index is 549. The van der Waals surface area contributed by atoms with E-state index in [-0.39, 0.29) is 10.9 Å². The summed E-state index contributed by atoms with van der Waals surface area (Å²) in [6.45, 7) is 0. The maximum absolute atomic E-state index is 11.3. The van der Waals surface area contributed by atoms with Crippen molar-refractivity contribution >= 4 is 15.8 Å². The van der Waals surface area contributed by atoms with Crippen LogP contribution >= 0.6 is 0 Å². The zero-order valence-corrected chi connectivity index (χ0v) is 9.36. The molecular weight excluding hydrogens is 232 g/mol. The summed E-state index contributed by atoms with van der Waals surface area (Å²) in [4.78, 5) is 18.1. The molecule has 6 nitrogen and oxygen atoms in total. The van der Waals surface area contributed by atoms with E-state index in [4.69, 9.17) is 5.11 Å². The number of carboxylic acid groups (broad SMARTS) is 1. The Hall–Kier alpha value is -1.50. The van der Waals surface area contributed by atoms with Gasteiger partial charge in [-0.3, -0.25) is 0 Å². The molecule has 0 saturated heterocycles. The van der Waals surface area contributed by atoms with Gasteiger partial charge in [0, 0.05) is 17.9 Å². The molecule has 1 aliphatic carbocycles. The van der Waals surface area contributed by atoms with E-state index in [1.54, 1.807) is 0 Å². The first-order chi connectivity index (χ1) is 7.38. The Labute approximate surface area is 92.3 Å². The normalized spacial score (nSPS) is 16.1. The van der Waals surface area contributed by atoms with E-state index in [0.717, 1.165) is 19.1 Å². The van der Waals surface area contributed by atoms with Gasteiger partial charge < -0.3 is 5.11 Å². The molecule has 16 heavy (non-hydrogen) atoms. The molecule has 0 unspecified atom stereocenters. The third-order valence-corrected chi connectivity index (χ3v) is 3.26. The largest absolute Gasteiger partial charge is 0.475 e. The van der Waals surface area contributed by atoms with E-state index in [9.17, 15) is 13.2 Å². The minimum Gasteiger partial charge on any atom is -0.475 e. The monoisotopic (exact) mass is 242 g/mol. The molecule has 0 aromatic carbocycles. The molecule has 86 valence electrons. The first kappa shape index (κ1) is 11.0. The summed E-state index contributed by atoms with van der Waals surface area (Å²) in [6.07, 6.45) is 2.83. The van der Waals surface area contributed by atoms with E-state index in [0.29, 0.717) is 5.69 Å². The fourth-order valence-electron chi connectivity index (χ4n) is 1.32. The van der Waals surface area contributed by atoms with Crippen LogP contribution in [-0.2, 0) is 9.84 Å². The lowest BCUT2D eigenvalue weighted by atomic mass is 10.3. The molecule has 1 aliphatic rings. The van der Waals surface area contributed by atoms with Crippen LogP contribution in [0.3, 0.4) is 0 Å². The maximum Gasteiger partial charge on any atom is 0.373 e. The third kappa shape index (κ3) is 2.19. The first-order valence-electron chi connectivity index (χ1n) is 4.70. The van der Waals surface area contributed by atoms with Crippen molar-refractivity contribution in [2.24, 2.45) is 0 Å². The highest BCUT2D eigenvalue weighted by Gasteiger charge is 2.28. The number of aromatic nitrogens is 2. The van der Waals surface area contributed by atoms with Crippen LogP contribution in [0, 0.1) is 0 Å². The van der Waals surface area contributed by atoms with Gasteiger partial charge in [-0.2, -0.15) is 0 Å². The molecule has 0 spiro atoms. The van der Waals surface area contributed by atoms with Crippen LogP contribution < -0.4 is 0 Å². The summed E-state index contributed by atoms with van der Waals surface area (Å²) in [5.41, 5.74) is 0.507. The van der Waals surface area contributed by atoms with Gasteiger partial charge >= 0.3 is 5.97 Å². The van der Waals surface area contributed by atoms with Gasteiger partial charge in [0.25, 0.3) is 0 Å². The van der Waals surface area contributed by atoms with E-state index in [1.807, 2.05) is 0 Å². The molecule has 1 fully saturated rings. The summed E-state index contributed by atoms with van der Waals surface area (Å²) in [6, 6.07) is 1.36. The van der Waals surface area contributed by atoms with Crippen molar-refractivity contribution in [1.29, 1.82) is 0 Å². The molecule has 2 rings (SSSR count). The number of carbonyl (C=O) groups is 1. The number of aromatic carboxylic acids is 1. The number of carboxylic acids is 1. The molecule has 0 amide bonds. The highest BCUT2D eigenvalue weighted by Crippen LogP contribution is 2.39. The van der Waals surface area contributed by atoms with Gasteiger partial charge in [-0.05, 0) is 18.9 Å². The number of hydrogen-bond acceptors (Lipinski definition) is 5. The van der Waals surface area contributed by atoms with E-state index < -0.39 is 21.6 Å². The van der Waals surface area contributed by atoms with E-state index >= 15 is 0 Å². The van der Waals surface area contributed by atoms with E-state index in [2.05, 4.69) is 9.97 Å². The average Bonchev–Trinajstić information content (AvgIpc) is 2.98. The predicted octanol–water partition coefficient (Wildman–Crippen LogP) is 0.456. The van der Waals surface area contributed by atoms with Gasteiger partial charge in [0.2, 0.25) is 5.82 Å². The van der Waals surface area contributed by atoms with Crippen LogP contribution in [0.1, 0.15) is 35.1 Å². The minimum atomic E-state index is -3.50. The van der Waals surface area contributed by atoms with Crippen LogP contribution in [0.2, 0.25) is 0 Å². The molecule has 1 saturated carbocycles. The highest BCUT2D eigenvalue weighted by molar-refractivity contribution is 7.90.